The number of H-pyrrole nitrogens is 1. The number of aryl methyl sites for hydroxylation is 1. The second-order valence-corrected chi connectivity index (χ2v) is 6.97. The maximum Gasteiger partial charge on any atom is 0.337 e. The molecule has 0 aliphatic heterocycles. The number of carbonyl (C=O) groups excluding carboxylic acids is 2. The van der Waals surface area contributed by atoms with Crippen LogP contribution in [0.25, 0.3) is 10.9 Å². The molecule has 1 N–H and O–H groups in total. The van der Waals surface area contributed by atoms with Crippen molar-refractivity contribution in [3.63, 3.8) is 0 Å². The Morgan fingerprint density at radius 2 is 1.69 bits per heavy atom. The van der Waals surface area contributed by atoms with Crippen molar-refractivity contribution >= 4 is 23.2 Å². The molecule has 4 nitrogen and oxygen atoms in total. The van der Waals surface area contributed by atoms with Gasteiger partial charge in [0.15, 0.2) is 6.29 Å². The Balaban J connectivity index is 1.87. The van der Waals surface area contributed by atoms with Crippen LogP contribution in [0.4, 0.5) is 0 Å². The van der Waals surface area contributed by atoms with E-state index in [0.29, 0.717) is 5.56 Å². The molecule has 2 aromatic rings. The minimum absolute atomic E-state index is 0.366. The molecule has 26 heavy (non-hydrogen) atoms. The number of hydrogen-bond acceptors (Lipinski definition) is 3. The van der Waals surface area contributed by atoms with Crippen LogP contribution in [-0.4, -0.2) is 24.3 Å². The van der Waals surface area contributed by atoms with Gasteiger partial charge in [-0.05, 0) is 25.0 Å². The smallest absolute Gasteiger partial charge is 0.337 e. The van der Waals surface area contributed by atoms with Crippen LogP contribution in [0.3, 0.4) is 0 Å². The van der Waals surface area contributed by atoms with Gasteiger partial charge < -0.3 is 9.72 Å². The molecule has 0 radical (unpaired) electrons. The highest BCUT2D eigenvalue weighted by atomic mass is 16.5. The monoisotopic (exact) mass is 357 g/mol. The molecule has 0 bridgehead atoms. The molecular weight excluding hydrogens is 326 g/mol. The molecule has 142 valence electrons. The van der Waals surface area contributed by atoms with Crippen LogP contribution in [0, 0.1) is 0 Å². The lowest BCUT2D eigenvalue weighted by molar-refractivity contribution is 0.0601. The average molecular weight is 357 g/mol. The Bertz CT molecular complexity index is 717. The van der Waals surface area contributed by atoms with Gasteiger partial charge in [0.2, 0.25) is 0 Å². The van der Waals surface area contributed by atoms with Crippen LogP contribution < -0.4 is 0 Å². The highest BCUT2D eigenvalue weighted by Gasteiger charge is 2.13. The zero-order chi connectivity index (χ0) is 18.8. The standard InChI is InChI=1S/C22H31NO3/c1-3-4-5-6-7-8-9-10-11-12-20-19(16-24)18-14-13-17(22(25)26-2)15-21(18)23-20/h13-16,23H,3-12H2,1-2H3. The number of aromatic nitrogens is 1. The summed E-state index contributed by atoms with van der Waals surface area (Å²) in [7, 11) is 1.37. The van der Waals surface area contributed by atoms with Crippen LogP contribution in [0.5, 0.6) is 0 Å². The Hall–Kier alpha value is -2.10. The third-order valence-corrected chi connectivity index (χ3v) is 4.99. The highest BCUT2D eigenvalue weighted by molar-refractivity contribution is 6.02. The Morgan fingerprint density at radius 1 is 1.04 bits per heavy atom. The normalized spacial score (nSPS) is 11.0. The van der Waals surface area contributed by atoms with E-state index in [1.807, 2.05) is 6.07 Å². The fraction of sp³-hybridized carbons (Fsp3) is 0.545. The number of carbonyl (C=O) groups is 2. The summed E-state index contributed by atoms with van der Waals surface area (Å²) in [6.07, 6.45) is 13.3. The lowest BCUT2D eigenvalue weighted by atomic mass is 10.0. The van der Waals surface area contributed by atoms with Crippen LogP contribution in [0.1, 0.15) is 91.1 Å². The molecule has 0 spiro atoms. The highest BCUT2D eigenvalue weighted by Crippen LogP contribution is 2.24. The number of esters is 1. The zero-order valence-electron chi connectivity index (χ0n) is 16.1. The van der Waals surface area contributed by atoms with E-state index in [1.54, 1.807) is 12.1 Å². The maximum atomic E-state index is 11.7. The molecule has 0 aliphatic carbocycles. The van der Waals surface area contributed by atoms with E-state index in [-0.39, 0.29) is 5.97 Å². The molecule has 0 amide bonds. The molecule has 0 unspecified atom stereocenters. The number of nitrogens with one attached hydrogen (secondary N) is 1. The summed E-state index contributed by atoms with van der Waals surface area (Å²) in [6.45, 7) is 2.24. The number of fused-ring (bicyclic) bond motifs is 1. The molecule has 2 rings (SSSR count). The van der Waals surface area contributed by atoms with Crippen molar-refractivity contribution in [2.45, 2.75) is 71.1 Å². The van der Waals surface area contributed by atoms with Gasteiger partial charge in [-0.2, -0.15) is 0 Å². The van der Waals surface area contributed by atoms with Gasteiger partial charge in [0, 0.05) is 22.2 Å². The van der Waals surface area contributed by atoms with Crippen LogP contribution in [0.15, 0.2) is 18.2 Å². The van der Waals surface area contributed by atoms with Crippen molar-refractivity contribution in [1.82, 2.24) is 4.98 Å². The number of benzene rings is 1. The Labute approximate surface area is 156 Å². The molecule has 0 atom stereocenters. The van der Waals surface area contributed by atoms with E-state index in [1.165, 1.54) is 58.5 Å². The first-order valence-corrected chi connectivity index (χ1v) is 9.89. The van der Waals surface area contributed by atoms with Gasteiger partial charge in [-0.1, -0.05) is 64.4 Å². The predicted molar refractivity (Wildman–Crippen MR) is 106 cm³/mol. The third kappa shape index (κ3) is 5.45. The molecule has 1 aromatic heterocycles. The molecule has 1 heterocycles. The van der Waals surface area contributed by atoms with Gasteiger partial charge in [-0.3, -0.25) is 4.79 Å². The van der Waals surface area contributed by atoms with Gasteiger partial charge in [0.05, 0.1) is 12.7 Å². The second-order valence-electron chi connectivity index (χ2n) is 6.97. The van der Waals surface area contributed by atoms with E-state index in [9.17, 15) is 9.59 Å². The van der Waals surface area contributed by atoms with Gasteiger partial charge in [0.25, 0.3) is 0 Å². The number of ether oxygens (including phenoxy) is 1. The first kappa shape index (κ1) is 20.2. The number of aromatic amines is 1. The van der Waals surface area contributed by atoms with E-state index in [2.05, 4.69) is 11.9 Å². The summed E-state index contributed by atoms with van der Waals surface area (Å²) >= 11 is 0. The Morgan fingerprint density at radius 3 is 2.31 bits per heavy atom. The number of methoxy groups -OCH3 is 1. The number of hydrogen-bond donors (Lipinski definition) is 1. The van der Waals surface area contributed by atoms with E-state index in [0.717, 1.165) is 41.3 Å². The summed E-state index contributed by atoms with van der Waals surface area (Å²) in [5.74, 6) is -0.366. The fourth-order valence-corrected chi connectivity index (χ4v) is 3.46. The zero-order valence-corrected chi connectivity index (χ0v) is 16.1. The second kappa shape index (κ2) is 10.8. The molecule has 0 fully saturated rings. The van der Waals surface area contributed by atoms with Crippen molar-refractivity contribution in [3.8, 4) is 0 Å². The SMILES string of the molecule is CCCCCCCCCCCc1[nH]c2cc(C(=O)OC)ccc2c1C=O. The first-order valence-electron chi connectivity index (χ1n) is 9.89. The summed E-state index contributed by atoms with van der Waals surface area (Å²) in [5.41, 5.74) is 3.00. The Kier molecular flexibility index (Phi) is 8.39. The maximum absolute atomic E-state index is 11.7. The molecule has 0 saturated heterocycles. The van der Waals surface area contributed by atoms with Gasteiger partial charge >= 0.3 is 5.97 Å². The first-order chi connectivity index (χ1) is 12.7. The van der Waals surface area contributed by atoms with Crippen molar-refractivity contribution in [2.24, 2.45) is 0 Å². The molecule has 0 saturated carbocycles. The van der Waals surface area contributed by atoms with Crippen molar-refractivity contribution in [1.29, 1.82) is 0 Å². The average Bonchev–Trinajstić information content (AvgIpc) is 3.02. The van der Waals surface area contributed by atoms with E-state index < -0.39 is 0 Å². The largest absolute Gasteiger partial charge is 0.465 e. The van der Waals surface area contributed by atoms with Crippen LogP contribution in [0.2, 0.25) is 0 Å². The van der Waals surface area contributed by atoms with E-state index in [4.69, 9.17) is 4.74 Å². The molecular formula is C22H31NO3. The molecule has 4 heteroatoms. The topological polar surface area (TPSA) is 59.2 Å². The lowest BCUT2D eigenvalue weighted by Gasteiger charge is -2.02. The van der Waals surface area contributed by atoms with Crippen LogP contribution >= 0.6 is 0 Å². The number of unbranched alkanes of at least 4 members (excludes halogenated alkanes) is 8. The van der Waals surface area contributed by atoms with Crippen molar-refractivity contribution < 1.29 is 14.3 Å². The van der Waals surface area contributed by atoms with Gasteiger partial charge in [-0.25, -0.2) is 4.79 Å². The molecule has 1 aromatic carbocycles. The van der Waals surface area contributed by atoms with Gasteiger partial charge in [0.1, 0.15) is 0 Å². The van der Waals surface area contributed by atoms with Crippen molar-refractivity contribution in [2.75, 3.05) is 7.11 Å². The van der Waals surface area contributed by atoms with Gasteiger partial charge in [-0.15, -0.1) is 0 Å². The van der Waals surface area contributed by atoms with Crippen LogP contribution in [-0.2, 0) is 11.2 Å². The summed E-state index contributed by atoms with van der Waals surface area (Å²) in [6, 6.07) is 5.28. The quantitative estimate of drug-likeness (QED) is 0.295. The summed E-state index contributed by atoms with van der Waals surface area (Å²) in [5, 5.41) is 0.874. The molecule has 0 aliphatic rings. The fourth-order valence-electron chi connectivity index (χ4n) is 3.46. The lowest BCUT2D eigenvalue weighted by Crippen LogP contribution is -2.00. The van der Waals surface area contributed by atoms with Crippen molar-refractivity contribution in [3.05, 3.63) is 35.0 Å². The number of rotatable bonds is 12. The predicted octanol–water partition coefficient (Wildman–Crippen LogP) is 5.84. The third-order valence-electron chi connectivity index (χ3n) is 4.99. The summed E-state index contributed by atoms with van der Waals surface area (Å²) in [4.78, 5) is 26.5. The van der Waals surface area contributed by atoms with E-state index >= 15 is 0 Å². The number of aldehydes is 1. The minimum Gasteiger partial charge on any atom is -0.465 e. The minimum atomic E-state index is -0.366. The summed E-state index contributed by atoms with van der Waals surface area (Å²) < 4.78 is 4.76.